The molecule has 0 unspecified atom stereocenters. The van der Waals surface area contributed by atoms with E-state index in [4.69, 9.17) is 15.2 Å². The number of rotatable bonds is 12. The van der Waals surface area contributed by atoms with Crippen LogP contribution in [-0.2, 0) is 17.9 Å². The van der Waals surface area contributed by atoms with Gasteiger partial charge in [-0.2, -0.15) is 10.1 Å². The lowest BCUT2D eigenvalue weighted by atomic mass is 10.1. The molecule has 0 aliphatic rings. The summed E-state index contributed by atoms with van der Waals surface area (Å²) in [7, 11) is 1.65. The molecule has 1 aromatic carbocycles. The van der Waals surface area contributed by atoms with Crippen molar-refractivity contribution in [1.82, 2.24) is 19.7 Å². The minimum atomic E-state index is -0.736. The summed E-state index contributed by atoms with van der Waals surface area (Å²) in [5.74, 6) is 1.67. The van der Waals surface area contributed by atoms with Gasteiger partial charge in [-0.1, -0.05) is 19.4 Å². The Morgan fingerprint density at radius 1 is 1.25 bits per heavy atom. The topological polar surface area (TPSA) is 120 Å². The van der Waals surface area contributed by atoms with Crippen molar-refractivity contribution >= 4 is 22.8 Å². The molecular weight excluding hydrogens is 408 g/mol. The minimum Gasteiger partial charge on any atom is -0.496 e. The quantitative estimate of drug-likeness (QED) is 0.365. The van der Waals surface area contributed by atoms with Crippen molar-refractivity contribution in [3.8, 4) is 5.75 Å². The van der Waals surface area contributed by atoms with E-state index in [0.29, 0.717) is 37.5 Å². The third-order valence-electron chi connectivity index (χ3n) is 5.12. The number of anilines is 2. The van der Waals surface area contributed by atoms with Gasteiger partial charge >= 0.3 is 0 Å². The second-order valence-corrected chi connectivity index (χ2v) is 8.51. The maximum atomic E-state index is 9.84. The van der Waals surface area contributed by atoms with Crippen LogP contribution in [0.2, 0.25) is 0 Å². The average Bonchev–Trinajstić information content (AvgIpc) is 3.13. The van der Waals surface area contributed by atoms with Crippen LogP contribution >= 0.6 is 0 Å². The number of fused-ring (bicyclic) bond motifs is 1. The Bertz CT molecular complexity index is 1030. The normalized spacial score (nSPS) is 11.8. The predicted molar refractivity (Wildman–Crippen MR) is 126 cm³/mol. The van der Waals surface area contributed by atoms with E-state index in [1.165, 1.54) is 0 Å². The standard InChI is InChI=1S/C23H34N6O3/c1-5-6-10-25-21-20-18(27-22(24)28-21)13-26-29(20)14-17-12-16(7-8-19(17)31-4)15-32-11-9-23(2,3)30/h7-8,12-13,30H,5-6,9-11,14-15H2,1-4H3,(H3,24,25,27,28). The number of nitrogens with zero attached hydrogens (tertiary/aromatic N) is 4. The molecule has 0 bridgehead atoms. The number of hydrogen-bond donors (Lipinski definition) is 3. The van der Waals surface area contributed by atoms with Crippen molar-refractivity contribution in [1.29, 1.82) is 0 Å². The molecule has 32 heavy (non-hydrogen) atoms. The predicted octanol–water partition coefficient (Wildman–Crippen LogP) is 3.36. The third-order valence-corrected chi connectivity index (χ3v) is 5.12. The molecule has 3 aromatic rings. The lowest BCUT2D eigenvalue weighted by Crippen LogP contribution is -2.20. The fourth-order valence-electron chi connectivity index (χ4n) is 3.36. The Kier molecular flexibility index (Phi) is 7.87. The molecule has 2 aromatic heterocycles. The average molecular weight is 443 g/mol. The van der Waals surface area contributed by atoms with Gasteiger partial charge in [-0.25, -0.2) is 4.98 Å². The first-order valence-electron chi connectivity index (χ1n) is 11.0. The Balaban J connectivity index is 1.82. The first kappa shape index (κ1) is 23.7. The zero-order chi connectivity index (χ0) is 23.1. The van der Waals surface area contributed by atoms with Crippen LogP contribution in [0.1, 0.15) is 51.2 Å². The SMILES string of the molecule is CCCCNc1nc(N)nc2cnn(Cc3cc(COCCC(C)(C)O)ccc3OC)c12. The van der Waals surface area contributed by atoms with Crippen molar-refractivity contribution in [2.75, 3.05) is 31.3 Å². The number of aliphatic hydroxyl groups is 1. The summed E-state index contributed by atoms with van der Waals surface area (Å²) in [6.45, 7) is 7.92. The zero-order valence-electron chi connectivity index (χ0n) is 19.4. The molecule has 174 valence electrons. The molecule has 0 saturated heterocycles. The third kappa shape index (κ3) is 6.30. The molecule has 0 saturated carbocycles. The molecule has 0 atom stereocenters. The fourth-order valence-corrected chi connectivity index (χ4v) is 3.36. The number of nitrogen functional groups attached to an aromatic ring is 1. The van der Waals surface area contributed by atoms with Crippen LogP contribution in [0.25, 0.3) is 11.0 Å². The first-order valence-corrected chi connectivity index (χ1v) is 11.0. The largest absolute Gasteiger partial charge is 0.496 e. The molecule has 2 heterocycles. The van der Waals surface area contributed by atoms with Crippen LogP contribution in [0.15, 0.2) is 24.4 Å². The summed E-state index contributed by atoms with van der Waals surface area (Å²) in [4.78, 5) is 8.73. The minimum absolute atomic E-state index is 0.221. The van der Waals surface area contributed by atoms with E-state index in [1.54, 1.807) is 27.2 Å². The second-order valence-electron chi connectivity index (χ2n) is 8.51. The fraction of sp³-hybridized carbons (Fsp3) is 0.522. The summed E-state index contributed by atoms with van der Waals surface area (Å²) in [5, 5.41) is 17.7. The summed E-state index contributed by atoms with van der Waals surface area (Å²) >= 11 is 0. The van der Waals surface area contributed by atoms with Crippen molar-refractivity contribution < 1.29 is 14.6 Å². The number of aromatic nitrogens is 4. The van der Waals surface area contributed by atoms with E-state index in [0.717, 1.165) is 41.8 Å². The lowest BCUT2D eigenvalue weighted by molar-refractivity contribution is 0.0237. The van der Waals surface area contributed by atoms with Crippen LogP contribution in [0.5, 0.6) is 5.75 Å². The van der Waals surface area contributed by atoms with Crippen LogP contribution < -0.4 is 15.8 Å². The number of methoxy groups -OCH3 is 1. The van der Waals surface area contributed by atoms with E-state index >= 15 is 0 Å². The van der Waals surface area contributed by atoms with Crippen molar-refractivity contribution in [3.05, 3.63) is 35.5 Å². The molecule has 0 spiro atoms. The molecule has 0 radical (unpaired) electrons. The molecule has 0 aliphatic carbocycles. The van der Waals surface area contributed by atoms with Crippen LogP contribution in [0, 0.1) is 0 Å². The molecule has 9 heteroatoms. The summed E-state index contributed by atoms with van der Waals surface area (Å²) in [6, 6.07) is 5.97. The van der Waals surface area contributed by atoms with Crippen molar-refractivity contribution in [3.63, 3.8) is 0 Å². The van der Waals surface area contributed by atoms with Gasteiger partial charge in [0.25, 0.3) is 0 Å². The van der Waals surface area contributed by atoms with Crippen LogP contribution in [0.3, 0.4) is 0 Å². The lowest BCUT2D eigenvalue weighted by Gasteiger charge is -2.17. The van der Waals surface area contributed by atoms with E-state index in [9.17, 15) is 5.11 Å². The highest BCUT2D eigenvalue weighted by atomic mass is 16.5. The smallest absolute Gasteiger partial charge is 0.222 e. The molecule has 0 aliphatic heterocycles. The van der Waals surface area contributed by atoms with Crippen molar-refractivity contribution in [2.24, 2.45) is 0 Å². The Morgan fingerprint density at radius 3 is 2.78 bits per heavy atom. The van der Waals surface area contributed by atoms with E-state index in [-0.39, 0.29) is 5.95 Å². The molecular formula is C23H34N6O3. The van der Waals surface area contributed by atoms with Gasteiger partial charge in [0.15, 0.2) is 5.82 Å². The van der Waals surface area contributed by atoms with Crippen molar-refractivity contribution in [2.45, 2.75) is 58.8 Å². The highest BCUT2D eigenvalue weighted by molar-refractivity contribution is 5.86. The Labute approximate surface area is 189 Å². The highest BCUT2D eigenvalue weighted by Crippen LogP contribution is 2.26. The molecule has 0 fully saturated rings. The van der Waals surface area contributed by atoms with Gasteiger partial charge in [0.05, 0.1) is 32.1 Å². The van der Waals surface area contributed by atoms with E-state index in [1.807, 2.05) is 16.8 Å². The highest BCUT2D eigenvalue weighted by Gasteiger charge is 2.15. The maximum absolute atomic E-state index is 9.84. The van der Waals surface area contributed by atoms with Gasteiger partial charge in [0.1, 0.15) is 16.8 Å². The molecule has 9 nitrogen and oxygen atoms in total. The number of nitrogens with one attached hydrogen (secondary N) is 1. The van der Waals surface area contributed by atoms with E-state index in [2.05, 4.69) is 33.4 Å². The number of nitrogens with two attached hydrogens (primary N) is 1. The van der Waals surface area contributed by atoms with Gasteiger partial charge in [0.2, 0.25) is 5.95 Å². The van der Waals surface area contributed by atoms with Gasteiger partial charge in [-0.05, 0) is 44.4 Å². The zero-order valence-corrected chi connectivity index (χ0v) is 19.4. The van der Waals surface area contributed by atoms with Gasteiger partial charge in [-0.15, -0.1) is 0 Å². The second kappa shape index (κ2) is 10.6. The van der Waals surface area contributed by atoms with Gasteiger partial charge in [0, 0.05) is 18.7 Å². The summed E-state index contributed by atoms with van der Waals surface area (Å²) in [5.41, 5.74) is 8.65. The van der Waals surface area contributed by atoms with Crippen LogP contribution in [-0.4, -0.2) is 50.7 Å². The first-order chi connectivity index (χ1) is 15.3. The molecule has 0 amide bonds. The Hall–Kier alpha value is -2.91. The number of ether oxygens (including phenoxy) is 2. The molecule has 3 rings (SSSR count). The monoisotopic (exact) mass is 442 g/mol. The van der Waals surface area contributed by atoms with Gasteiger partial charge < -0.3 is 25.6 Å². The molecule has 4 N–H and O–H groups in total. The van der Waals surface area contributed by atoms with E-state index < -0.39 is 5.60 Å². The number of benzene rings is 1. The summed E-state index contributed by atoms with van der Waals surface area (Å²) in [6.07, 6.45) is 4.39. The van der Waals surface area contributed by atoms with Crippen LogP contribution in [0.4, 0.5) is 11.8 Å². The Morgan fingerprint density at radius 2 is 2.06 bits per heavy atom. The van der Waals surface area contributed by atoms with Gasteiger partial charge in [-0.3, -0.25) is 4.68 Å². The number of hydrogen-bond acceptors (Lipinski definition) is 8. The number of unbranched alkanes of at least 4 members (excludes halogenated alkanes) is 1. The maximum Gasteiger partial charge on any atom is 0.222 e. The summed E-state index contributed by atoms with van der Waals surface area (Å²) < 4.78 is 13.2.